The molecule has 1 aromatic rings. The van der Waals surface area contributed by atoms with Gasteiger partial charge in [-0.05, 0) is 6.07 Å². The second-order valence-electron chi connectivity index (χ2n) is 3.10. The van der Waals surface area contributed by atoms with Gasteiger partial charge in [0.05, 0.1) is 12.5 Å². The lowest BCUT2D eigenvalue weighted by Crippen LogP contribution is -2.20. The molecular weight excluding hydrogens is 261 g/mol. The summed E-state index contributed by atoms with van der Waals surface area (Å²) in [6, 6.07) is 2.19. The lowest BCUT2D eigenvalue weighted by Gasteiger charge is -2.14. The Morgan fingerprint density at radius 2 is 2.06 bits per heavy atom. The number of alkyl halides is 5. The summed E-state index contributed by atoms with van der Waals surface area (Å²) in [7, 11) is 0. The number of nitrogens with two attached hydrogens (primary N) is 1. The number of aromatic nitrogens is 1. The molecule has 0 bridgehead atoms. The molecule has 0 aliphatic carbocycles. The number of hydrogen-bond donors (Lipinski definition) is 1. The Bertz CT molecular complexity index is 480. The third kappa shape index (κ3) is 3.44. The number of nitrogen functional groups attached to an aromatic ring is 1. The molecule has 0 unspecified atom stereocenters. The molecule has 1 aromatic heterocycles. The van der Waals surface area contributed by atoms with Crippen LogP contribution in [0.1, 0.15) is 17.7 Å². The van der Waals surface area contributed by atoms with Gasteiger partial charge in [-0.25, -0.2) is 13.8 Å². The summed E-state index contributed by atoms with van der Waals surface area (Å²) in [6.07, 6.45) is -8.62. The van der Waals surface area contributed by atoms with Crippen molar-refractivity contribution in [1.82, 2.24) is 4.98 Å². The van der Waals surface area contributed by atoms with E-state index in [9.17, 15) is 22.0 Å². The maximum atomic E-state index is 12.4. The van der Waals surface area contributed by atoms with Crippen molar-refractivity contribution in [1.29, 1.82) is 5.26 Å². The minimum Gasteiger partial charge on any atom is -0.401 e. The SMILES string of the molecule is N#CCc1cc(C(F)F)nc(N)c1OC(F)(F)F. The zero-order chi connectivity index (χ0) is 13.9. The fourth-order valence-electron chi connectivity index (χ4n) is 1.19. The fourth-order valence-corrected chi connectivity index (χ4v) is 1.19. The van der Waals surface area contributed by atoms with Gasteiger partial charge in [-0.1, -0.05) is 0 Å². The van der Waals surface area contributed by atoms with Gasteiger partial charge >= 0.3 is 6.36 Å². The zero-order valence-electron chi connectivity index (χ0n) is 8.63. The number of nitriles is 1. The van der Waals surface area contributed by atoms with Crippen LogP contribution in [0.2, 0.25) is 0 Å². The van der Waals surface area contributed by atoms with E-state index in [1.54, 1.807) is 0 Å². The highest BCUT2D eigenvalue weighted by molar-refractivity contribution is 5.53. The normalized spacial score (nSPS) is 11.4. The molecular formula is C9H6F5N3O. The van der Waals surface area contributed by atoms with E-state index in [1.165, 1.54) is 6.07 Å². The van der Waals surface area contributed by atoms with Gasteiger partial charge in [0, 0.05) is 5.56 Å². The molecule has 0 aromatic carbocycles. The van der Waals surface area contributed by atoms with E-state index in [0.29, 0.717) is 6.07 Å². The van der Waals surface area contributed by atoms with E-state index in [4.69, 9.17) is 11.0 Å². The number of ether oxygens (including phenoxy) is 1. The van der Waals surface area contributed by atoms with Crippen molar-refractivity contribution in [2.45, 2.75) is 19.2 Å². The highest BCUT2D eigenvalue weighted by Crippen LogP contribution is 2.33. The van der Waals surface area contributed by atoms with Gasteiger partial charge in [-0.15, -0.1) is 13.2 Å². The van der Waals surface area contributed by atoms with Crippen LogP contribution in [0.4, 0.5) is 27.8 Å². The maximum Gasteiger partial charge on any atom is 0.573 e. The van der Waals surface area contributed by atoms with Crippen LogP contribution in [0.25, 0.3) is 0 Å². The van der Waals surface area contributed by atoms with E-state index in [0.717, 1.165) is 0 Å². The molecule has 2 N–H and O–H groups in total. The molecule has 9 heteroatoms. The minimum atomic E-state index is -5.05. The van der Waals surface area contributed by atoms with Crippen molar-refractivity contribution in [3.63, 3.8) is 0 Å². The van der Waals surface area contributed by atoms with Crippen LogP contribution < -0.4 is 10.5 Å². The molecule has 0 atom stereocenters. The molecule has 0 saturated carbocycles. The van der Waals surface area contributed by atoms with Crippen molar-refractivity contribution < 1.29 is 26.7 Å². The lowest BCUT2D eigenvalue weighted by molar-refractivity contribution is -0.274. The Balaban J connectivity index is 3.28. The van der Waals surface area contributed by atoms with Gasteiger partial charge in [-0.2, -0.15) is 5.26 Å². The molecule has 0 fully saturated rings. The molecule has 98 valence electrons. The van der Waals surface area contributed by atoms with E-state index in [1.807, 2.05) is 0 Å². The molecule has 1 heterocycles. The summed E-state index contributed by atoms with van der Waals surface area (Å²) >= 11 is 0. The molecule has 4 nitrogen and oxygen atoms in total. The van der Waals surface area contributed by atoms with Crippen LogP contribution in [0.15, 0.2) is 6.07 Å². The first kappa shape index (κ1) is 14.0. The Kier molecular flexibility index (Phi) is 3.90. The highest BCUT2D eigenvalue weighted by Gasteiger charge is 2.34. The number of hydrogen-bond acceptors (Lipinski definition) is 4. The number of nitrogens with zero attached hydrogens (tertiary/aromatic N) is 2. The largest absolute Gasteiger partial charge is 0.573 e. The van der Waals surface area contributed by atoms with Crippen molar-refractivity contribution in [2.75, 3.05) is 5.73 Å². The van der Waals surface area contributed by atoms with Gasteiger partial charge in [0.2, 0.25) is 0 Å². The Hall–Kier alpha value is -2.11. The van der Waals surface area contributed by atoms with Crippen LogP contribution >= 0.6 is 0 Å². The third-order valence-electron chi connectivity index (χ3n) is 1.81. The predicted octanol–water partition coefficient (Wildman–Crippen LogP) is 2.57. The summed E-state index contributed by atoms with van der Waals surface area (Å²) in [5.41, 5.74) is 3.91. The summed E-state index contributed by atoms with van der Waals surface area (Å²) < 4.78 is 64.5. The first-order valence-electron chi connectivity index (χ1n) is 4.44. The van der Waals surface area contributed by atoms with Crippen molar-refractivity contribution in [3.05, 3.63) is 17.3 Å². The number of pyridine rings is 1. The summed E-state index contributed by atoms with van der Waals surface area (Å²) in [6.45, 7) is 0. The van der Waals surface area contributed by atoms with Crippen LogP contribution in [0.3, 0.4) is 0 Å². The number of halogens is 5. The predicted molar refractivity (Wildman–Crippen MR) is 49.6 cm³/mol. The topological polar surface area (TPSA) is 71.9 Å². The zero-order valence-corrected chi connectivity index (χ0v) is 8.63. The van der Waals surface area contributed by atoms with Crippen LogP contribution in [-0.2, 0) is 6.42 Å². The van der Waals surface area contributed by atoms with Gasteiger partial charge in [0.25, 0.3) is 6.43 Å². The molecule has 0 radical (unpaired) electrons. The van der Waals surface area contributed by atoms with Crippen molar-refractivity contribution in [2.24, 2.45) is 0 Å². The van der Waals surface area contributed by atoms with E-state index in [2.05, 4.69) is 9.72 Å². The lowest BCUT2D eigenvalue weighted by atomic mass is 10.1. The first-order chi connectivity index (χ1) is 8.24. The van der Waals surface area contributed by atoms with Crippen LogP contribution in [0.5, 0.6) is 5.75 Å². The smallest absolute Gasteiger partial charge is 0.401 e. The quantitative estimate of drug-likeness (QED) is 0.854. The maximum absolute atomic E-state index is 12.4. The summed E-state index contributed by atoms with van der Waals surface area (Å²) in [5, 5.41) is 8.43. The molecule has 0 aliphatic rings. The van der Waals surface area contributed by atoms with E-state index >= 15 is 0 Å². The van der Waals surface area contributed by atoms with Crippen LogP contribution in [-0.4, -0.2) is 11.3 Å². The van der Waals surface area contributed by atoms with Gasteiger partial charge in [0.1, 0.15) is 5.69 Å². The summed E-state index contributed by atoms with van der Waals surface area (Å²) in [5.74, 6) is -1.76. The molecule has 0 amide bonds. The van der Waals surface area contributed by atoms with Crippen LogP contribution in [0, 0.1) is 11.3 Å². The number of rotatable bonds is 3. The van der Waals surface area contributed by atoms with Gasteiger partial charge in [-0.3, -0.25) is 0 Å². The van der Waals surface area contributed by atoms with Crippen molar-refractivity contribution in [3.8, 4) is 11.8 Å². The molecule has 18 heavy (non-hydrogen) atoms. The van der Waals surface area contributed by atoms with Crippen molar-refractivity contribution >= 4 is 5.82 Å². The summed E-state index contributed by atoms with van der Waals surface area (Å²) in [4.78, 5) is 3.09. The Morgan fingerprint density at radius 3 is 2.50 bits per heavy atom. The standard InChI is InChI=1S/C9H6F5N3O/c10-7(11)5-3-4(1-2-15)6(8(16)17-5)18-9(12,13)14/h3,7H,1H2,(H2,16,17). The minimum absolute atomic E-state index is 0.391. The third-order valence-corrected chi connectivity index (χ3v) is 1.81. The first-order valence-corrected chi connectivity index (χ1v) is 4.44. The molecule has 0 spiro atoms. The Labute approximate surface area is 97.8 Å². The molecule has 0 saturated heterocycles. The molecule has 0 aliphatic heterocycles. The fraction of sp³-hybridized carbons (Fsp3) is 0.333. The van der Waals surface area contributed by atoms with Gasteiger partial charge < -0.3 is 10.5 Å². The van der Waals surface area contributed by atoms with E-state index < -0.39 is 42.0 Å². The highest BCUT2D eigenvalue weighted by atomic mass is 19.4. The second-order valence-corrected chi connectivity index (χ2v) is 3.10. The van der Waals surface area contributed by atoms with E-state index in [-0.39, 0.29) is 0 Å². The second kappa shape index (κ2) is 5.03. The van der Waals surface area contributed by atoms with Gasteiger partial charge in [0.15, 0.2) is 11.6 Å². The average molecular weight is 267 g/mol. The number of anilines is 1. The molecule has 1 rings (SSSR count). The average Bonchev–Trinajstić information content (AvgIpc) is 2.21. The Morgan fingerprint density at radius 1 is 1.44 bits per heavy atom. The monoisotopic (exact) mass is 267 g/mol.